The lowest BCUT2D eigenvalue weighted by Gasteiger charge is -2.15. The third kappa shape index (κ3) is 3.88. The molecule has 2 aromatic carbocycles. The maximum Gasteiger partial charge on any atom is 0.336 e. The fourth-order valence-corrected chi connectivity index (χ4v) is 3.18. The maximum absolute atomic E-state index is 13.0. The summed E-state index contributed by atoms with van der Waals surface area (Å²) in [5, 5.41) is 9.05. The highest BCUT2D eigenvalue weighted by Crippen LogP contribution is 2.22. The molecule has 0 aliphatic rings. The Hall–Kier alpha value is -3.06. The molecule has 0 aliphatic carbocycles. The van der Waals surface area contributed by atoms with E-state index in [1.54, 1.807) is 23.9 Å². The van der Waals surface area contributed by atoms with Crippen molar-refractivity contribution in [2.45, 2.75) is 18.4 Å². The zero-order valence-corrected chi connectivity index (χ0v) is 15.7. The molecule has 6 nitrogen and oxygen atoms in total. The van der Waals surface area contributed by atoms with Crippen LogP contribution in [0, 0.1) is 6.92 Å². The number of hydrogen-bond donors (Lipinski definition) is 1. The first-order valence-corrected chi connectivity index (χ1v) is 9.43. The highest BCUT2D eigenvalue weighted by molar-refractivity contribution is 7.98. The van der Waals surface area contributed by atoms with Gasteiger partial charge in [0.15, 0.2) is 0 Å². The van der Waals surface area contributed by atoms with Gasteiger partial charge in [-0.3, -0.25) is 14.2 Å². The van der Waals surface area contributed by atoms with Gasteiger partial charge in [0.2, 0.25) is 0 Å². The van der Waals surface area contributed by atoms with Crippen LogP contribution >= 0.6 is 11.8 Å². The van der Waals surface area contributed by atoms with Crippen molar-refractivity contribution >= 4 is 17.7 Å². The highest BCUT2D eigenvalue weighted by Gasteiger charge is 2.16. The number of aliphatic carboxylic acids is 1. The number of hydrogen-bond acceptors (Lipinski definition) is 4. The number of aryl methyl sites for hydroxylation is 1. The minimum Gasteiger partial charge on any atom is -0.480 e. The lowest BCUT2D eigenvalue weighted by atomic mass is 10.1. The molecule has 3 aromatic rings. The van der Waals surface area contributed by atoms with E-state index in [4.69, 9.17) is 5.11 Å². The number of benzene rings is 2. The summed E-state index contributed by atoms with van der Waals surface area (Å²) in [5.74, 6) is -1.25. The number of thioether (sulfide) groups is 1. The zero-order chi connectivity index (χ0) is 19.6. The Morgan fingerprint density at radius 1 is 1.04 bits per heavy atom. The molecule has 0 aliphatic heterocycles. The SMILES string of the molecule is CSc1ccc(-n2c(-c3ccc(C)cc3)cc(=O)n(CC(=O)O)c2=O)cc1. The summed E-state index contributed by atoms with van der Waals surface area (Å²) >= 11 is 1.57. The van der Waals surface area contributed by atoms with Gasteiger partial charge in [0, 0.05) is 11.0 Å². The molecular weight excluding hydrogens is 364 g/mol. The van der Waals surface area contributed by atoms with E-state index in [0.717, 1.165) is 15.0 Å². The molecule has 1 N–H and O–H groups in total. The van der Waals surface area contributed by atoms with Crippen molar-refractivity contribution < 1.29 is 9.90 Å². The van der Waals surface area contributed by atoms with Gasteiger partial charge < -0.3 is 5.11 Å². The van der Waals surface area contributed by atoms with Gasteiger partial charge in [-0.1, -0.05) is 29.8 Å². The summed E-state index contributed by atoms with van der Waals surface area (Å²) in [5.41, 5.74) is 1.41. The minimum absolute atomic E-state index is 0.420. The molecule has 3 rings (SSSR count). The first-order valence-electron chi connectivity index (χ1n) is 8.21. The predicted molar refractivity (Wildman–Crippen MR) is 106 cm³/mol. The molecule has 0 spiro atoms. The van der Waals surface area contributed by atoms with Crippen molar-refractivity contribution in [1.82, 2.24) is 9.13 Å². The van der Waals surface area contributed by atoms with Crippen LogP contribution < -0.4 is 11.2 Å². The second-order valence-corrected chi connectivity index (χ2v) is 6.91. The van der Waals surface area contributed by atoms with E-state index in [9.17, 15) is 14.4 Å². The van der Waals surface area contributed by atoms with Crippen molar-refractivity contribution in [3.63, 3.8) is 0 Å². The second kappa shape index (κ2) is 7.67. The van der Waals surface area contributed by atoms with Crippen molar-refractivity contribution in [1.29, 1.82) is 0 Å². The van der Waals surface area contributed by atoms with Gasteiger partial charge in [-0.25, -0.2) is 9.36 Å². The second-order valence-electron chi connectivity index (χ2n) is 6.03. The Kier molecular flexibility index (Phi) is 5.32. The van der Waals surface area contributed by atoms with Crippen LogP contribution in [0.4, 0.5) is 0 Å². The Morgan fingerprint density at radius 3 is 2.22 bits per heavy atom. The Labute approximate surface area is 159 Å². The molecule has 7 heteroatoms. The van der Waals surface area contributed by atoms with Crippen molar-refractivity contribution in [3.8, 4) is 16.9 Å². The fourth-order valence-electron chi connectivity index (χ4n) is 2.78. The topological polar surface area (TPSA) is 81.3 Å². The van der Waals surface area contributed by atoms with Crippen molar-refractivity contribution in [2.24, 2.45) is 0 Å². The third-order valence-corrected chi connectivity index (χ3v) is 4.90. The predicted octanol–water partition coefficient (Wildman–Crippen LogP) is 2.78. The summed E-state index contributed by atoms with van der Waals surface area (Å²) in [6.07, 6.45) is 1.95. The van der Waals surface area contributed by atoms with Gasteiger partial charge in [0.1, 0.15) is 6.54 Å². The Bertz CT molecular complexity index is 1100. The smallest absolute Gasteiger partial charge is 0.336 e. The molecule has 0 unspecified atom stereocenters. The van der Waals surface area contributed by atoms with Crippen LogP contribution in [0.25, 0.3) is 16.9 Å². The highest BCUT2D eigenvalue weighted by atomic mass is 32.2. The molecule has 27 heavy (non-hydrogen) atoms. The summed E-state index contributed by atoms with van der Waals surface area (Å²) in [4.78, 5) is 37.5. The monoisotopic (exact) mass is 382 g/mol. The van der Waals surface area contributed by atoms with Crippen LogP contribution in [0.15, 0.2) is 69.1 Å². The van der Waals surface area contributed by atoms with E-state index in [0.29, 0.717) is 16.9 Å². The molecule has 0 fully saturated rings. The van der Waals surface area contributed by atoms with Gasteiger partial charge in [-0.2, -0.15) is 0 Å². The molecule has 1 heterocycles. The van der Waals surface area contributed by atoms with Crippen LogP contribution in [0.2, 0.25) is 0 Å². The molecule has 0 amide bonds. The first kappa shape index (κ1) is 18.7. The number of carboxylic acid groups (broad SMARTS) is 1. The van der Waals surface area contributed by atoms with E-state index in [-0.39, 0.29) is 0 Å². The first-order chi connectivity index (χ1) is 12.9. The average molecular weight is 382 g/mol. The van der Waals surface area contributed by atoms with Gasteiger partial charge in [-0.05, 0) is 43.0 Å². The lowest BCUT2D eigenvalue weighted by Crippen LogP contribution is -2.41. The van der Waals surface area contributed by atoms with Crippen LogP contribution in [-0.4, -0.2) is 26.5 Å². The van der Waals surface area contributed by atoms with Gasteiger partial charge in [0.05, 0.1) is 11.4 Å². The zero-order valence-electron chi connectivity index (χ0n) is 14.9. The van der Waals surface area contributed by atoms with E-state index in [2.05, 4.69) is 0 Å². The average Bonchev–Trinajstić information content (AvgIpc) is 2.65. The van der Waals surface area contributed by atoms with E-state index in [1.807, 2.05) is 49.6 Å². The van der Waals surface area contributed by atoms with Crippen LogP contribution in [0.3, 0.4) is 0 Å². The normalized spacial score (nSPS) is 10.7. The summed E-state index contributed by atoms with van der Waals surface area (Å²) in [7, 11) is 0. The number of nitrogens with zero attached hydrogens (tertiary/aromatic N) is 2. The van der Waals surface area contributed by atoms with Gasteiger partial charge in [0.25, 0.3) is 5.56 Å². The molecule has 0 bridgehead atoms. The lowest BCUT2D eigenvalue weighted by molar-refractivity contribution is -0.137. The fraction of sp³-hybridized carbons (Fsp3) is 0.150. The molecule has 0 radical (unpaired) electrons. The number of aromatic nitrogens is 2. The van der Waals surface area contributed by atoms with E-state index in [1.165, 1.54) is 10.6 Å². The molecule has 0 atom stereocenters. The van der Waals surface area contributed by atoms with Crippen molar-refractivity contribution in [3.05, 3.63) is 81.0 Å². The van der Waals surface area contributed by atoms with Crippen LogP contribution in [-0.2, 0) is 11.3 Å². The summed E-state index contributed by atoms with van der Waals surface area (Å²) < 4.78 is 2.10. The van der Waals surface area contributed by atoms with E-state index >= 15 is 0 Å². The quantitative estimate of drug-likeness (QED) is 0.686. The number of carboxylic acids is 1. The van der Waals surface area contributed by atoms with Crippen LogP contribution in [0.5, 0.6) is 0 Å². The molecule has 0 saturated carbocycles. The number of carbonyl (C=O) groups is 1. The maximum atomic E-state index is 13.0. The largest absolute Gasteiger partial charge is 0.480 e. The van der Waals surface area contributed by atoms with Gasteiger partial charge >= 0.3 is 11.7 Å². The molecule has 1 aromatic heterocycles. The standard InChI is InChI=1S/C20H18N2O4S/c1-13-3-5-14(6-4-13)17-11-18(23)21(12-19(24)25)20(26)22(17)15-7-9-16(27-2)10-8-15/h3-11H,12H2,1-2H3,(H,24,25). The minimum atomic E-state index is -1.25. The summed E-state index contributed by atoms with van der Waals surface area (Å²) in [6, 6.07) is 16.1. The Morgan fingerprint density at radius 2 is 1.67 bits per heavy atom. The van der Waals surface area contributed by atoms with Crippen LogP contribution in [0.1, 0.15) is 5.56 Å². The molecule has 0 saturated heterocycles. The molecule has 138 valence electrons. The number of rotatable bonds is 5. The Balaban J connectivity index is 2.31. The molecular formula is C20H18N2O4S. The van der Waals surface area contributed by atoms with Gasteiger partial charge in [-0.15, -0.1) is 11.8 Å². The van der Waals surface area contributed by atoms with E-state index < -0.39 is 23.8 Å². The third-order valence-electron chi connectivity index (χ3n) is 4.16. The van der Waals surface area contributed by atoms with Crippen molar-refractivity contribution in [2.75, 3.05) is 6.26 Å². The summed E-state index contributed by atoms with van der Waals surface area (Å²) in [6.45, 7) is 1.26.